The van der Waals surface area contributed by atoms with Crippen molar-refractivity contribution in [3.05, 3.63) is 105 Å². The highest BCUT2D eigenvalue weighted by Gasteiger charge is 2.43. The minimum absolute atomic E-state index is 0.0676. The van der Waals surface area contributed by atoms with Crippen LogP contribution in [0.1, 0.15) is 48.3 Å². The molecule has 2 aromatic carbocycles. The van der Waals surface area contributed by atoms with Crippen molar-refractivity contribution in [2.45, 2.75) is 42.7 Å². The van der Waals surface area contributed by atoms with Crippen molar-refractivity contribution in [1.29, 1.82) is 5.26 Å². The Bertz CT molecular complexity index is 1380. The van der Waals surface area contributed by atoms with Crippen molar-refractivity contribution >= 4 is 34.6 Å². The second kappa shape index (κ2) is 9.77. The van der Waals surface area contributed by atoms with Gasteiger partial charge in [0.2, 0.25) is 0 Å². The topological polar surface area (TPSA) is 70.1 Å². The highest BCUT2D eigenvalue weighted by atomic mass is 32.2. The zero-order valence-electron chi connectivity index (χ0n) is 19.8. The van der Waals surface area contributed by atoms with E-state index in [0.29, 0.717) is 24.2 Å². The minimum atomic E-state index is -0.431. The van der Waals surface area contributed by atoms with E-state index >= 15 is 0 Å². The number of anilines is 1. The standard InChI is InChI=1S/C29H27N3OS2/c1-3-34-29-21(13-14-35-29)26-22(17-30)28(31)32(23-12-8-7-9-18(23)2)24-15-20(16-25(33)27(24)26)19-10-5-4-6-11-19/h4-14,20,26H,3,15-16,31H2,1-2H3/t20-,26+/m1/s1. The maximum absolute atomic E-state index is 14.0. The van der Waals surface area contributed by atoms with E-state index in [0.717, 1.165) is 43.6 Å². The van der Waals surface area contributed by atoms with Gasteiger partial charge in [0.15, 0.2) is 5.78 Å². The Morgan fingerprint density at radius 1 is 1.11 bits per heavy atom. The summed E-state index contributed by atoms with van der Waals surface area (Å²) in [6.07, 6.45) is 1.12. The minimum Gasteiger partial charge on any atom is -0.384 e. The first-order valence-corrected chi connectivity index (χ1v) is 13.7. The van der Waals surface area contributed by atoms with Crippen LogP contribution < -0.4 is 10.6 Å². The van der Waals surface area contributed by atoms with Gasteiger partial charge in [0.1, 0.15) is 5.82 Å². The van der Waals surface area contributed by atoms with Gasteiger partial charge < -0.3 is 5.73 Å². The lowest BCUT2D eigenvalue weighted by molar-refractivity contribution is -0.116. The Balaban J connectivity index is 1.74. The van der Waals surface area contributed by atoms with Crippen molar-refractivity contribution in [3.63, 3.8) is 0 Å². The molecule has 0 fully saturated rings. The number of aryl methyl sites for hydroxylation is 1. The molecule has 0 spiro atoms. The highest BCUT2D eigenvalue weighted by molar-refractivity contribution is 8.01. The predicted molar refractivity (Wildman–Crippen MR) is 144 cm³/mol. The molecule has 35 heavy (non-hydrogen) atoms. The number of Topliss-reactive ketones (excluding diaryl/α,β-unsaturated/α-hetero) is 1. The van der Waals surface area contributed by atoms with Crippen LogP contribution in [0.4, 0.5) is 5.69 Å². The zero-order valence-corrected chi connectivity index (χ0v) is 21.5. The Hall–Kier alpha value is -3.27. The third-order valence-corrected chi connectivity index (χ3v) is 8.99. The monoisotopic (exact) mass is 497 g/mol. The molecule has 176 valence electrons. The van der Waals surface area contributed by atoms with Crippen LogP contribution >= 0.6 is 23.1 Å². The van der Waals surface area contributed by atoms with Gasteiger partial charge in [-0.2, -0.15) is 5.26 Å². The molecule has 0 amide bonds. The molecule has 0 saturated heterocycles. The number of hydrogen-bond acceptors (Lipinski definition) is 6. The van der Waals surface area contributed by atoms with E-state index in [-0.39, 0.29) is 11.7 Å². The van der Waals surface area contributed by atoms with Crippen LogP contribution in [0, 0.1) is 18.3 Å². The molecular formula is C29H27N3OS2. The molecule has 2 heterocycles. The fourth-order valence-electron chi connectivity index (χ4n) is 5.26. The molecule has 0 radical (unpaired) electrons. The summed E-state index contributed by atoms with van der Waals surface area (Å²) in [6.45, 7) is 4.15. The smallest absolute Gasteiger partial charge is 0.162 e. The first kappa shape index (κ1) is 23.5. The van der Waals surface area contributed by atoms with Gasteiger partial charge in [0.25, 0.3) is 0 Å². The number of carbonyl (C=O) groups excluding carboxylic acids is 1. The van der Waals surface area contributed by atoms with Crippen LogP contribution in [-0.2, 0) is 4.79 Å². The number of ketones is 1. The van der Waals surface area contributed by atoms with Crippen LogP contribution in [-0.4, -0.2) is 11.5 Å². The Morgan fingerprint density at radius 2 is 1.86 bits per heavy atom. The molecule has 4 nitrogen and oxygen atoms in total. The van der Waals surface area contributed by atoms with E-state index in [4.69, 9.17) is 5.73 Å². The number of carbonyl (C=O) groups is 1. The summed E-state index contributed by atoms with van der Waals surface area (Å²) in [5, 5.41) is 12.4. The summed E-state index contributed by atoms with van der Waals surface area (Å²) in [7, 11) is 0. The van der Waals surface area contributed by atoms with Gasteiger partial charge in [-0.1, -0.05) is 55.5 Å². The number of para-hydroxylation sites is 1. The third kappa shape index (κ3) is 4.09. The number of nitriles is 1. The second-order valence-electron chi connectivity index (χ2n) is 8.86. The maximum atomic E-state index is 14.0. The fraction of sp³-hybridized carbons (Fsp3) is 0.241. The number of thiophene rings is 1. The van der Waals surface area contributed by atoms with Crippen LogP contribution in [0.3, 0.4) is 0 Å². The van der Waals surface area contributed by atoms with Gasteiger partial charge in [-0.05, 0) is 59.2 Å². The van der Waals surface area contributed by atoms with Gasteiger partial charge in [-0.15, -0.1) is 23.1 Å². The van der Waals surface area contributed by atoms with Gasteiger partial charge in [0, 0.05) is 17.7 Å². The number of thioether (sulfide) groups is 1. The van der Waals surface area contributed by atoms with Crippen LogP contribution in [0.25, 0.3) is 0 Å². The maximum Gasteiger partial charge on any atom is 0.162 e. The lowest BCUT2D eigenvalue weighted by Gasteiger charge is -2.42. The van der Waals surface area contributed by atoms with Gasteiger partial charge in [-0.3, -0.25) is 9.69 Å². The molecule has 0 saturated carbocycles. The zero-order chi connectivity index (χ0) is 24.5. The van der Waals surface area contributed by atoms with E-state index < -0.39 is 5.92 Å². The Morgan fingerprint density at radius 3 is 2.57 bits per heavy atom. The highest BCUT2D eigenvalue weighted by Crippen LogP contribution is 2.51. The Kier molecular flexibility index (Phi) is 6.55. The summed E-state index contributed by atoms with van der Waals surface area (Å²) < 4.78 is 1.15. The average molecular weight is 498 g/mol. The Labute approximate surface area is 214 Å². The van der Waals surface area contributed by atoms with Crippen molar-refractivity contribution in [2.75, 3.05) is 10.7 Å². The molecular weight excluding hydrogens is 470 g/mol. The number of rotatable bonds is 5. The second-order valence-corrected chi connectivity index (χ2v) is 11.3. The molecule has 2 aliphatic rings. The molecule has 5 rings (SSSR count). The lowest BCUT2D eigenvalue weighted by Crippen LogP contribution is -2.40. The van der Waals surface area contributed by atoms with Gasteiger partial charge >= 0.3 is 0 Å². The molecule has 6 heteroatoms. The third-order valence-electron chi connectivity index (χ3n) is 6.84. The van der Waals surface area contributed by atoms with E-state index in [9.17, 15) is 10.1 Å². The van der Waals surface area contributed by atoms with Crippen molar-refractivity contribution < 1.29 is 4.79 Å². The van der Waals surface area contributed by atoms with Crippen LogP contribution in [0.2, 0.25) is 0 Å². The number of allylic oxidation sites excluding steroid dienone is 3. The number of benzene rings is 2. The summed E-state index contributed by atoms with van der Waals surface area (Å²) in [6, 6.07) is 22.7. The van der Waals surface area contributed by atoms with E-state index in [1.54, 1.807) is 23.1 Å². The molecule has 0 unspecified atom stereocenters. The quantitative estimate of drug-likeness (QED) is 0.390. The predicted octanol–water partition coefficient (Wildman–Crippen LogP) is 6.87. The van der Waals surface area contributed by atoms with Crippen molar-refractivity contribution in [2.24, 2.45) is 5.73 Å². The molecule has 3 aromatic rings. The van der Waals surface area contributed by atoms with Crippen molar-refractivity contribution in [3.8, 4) is 6.07 Å². The number of hydrogen-bond donors (Lipinski definition) is 1. The molecule has 2 atom stereocenters. The molecule has 1 aliphatic carbocycles. The van der Waals surface area contributed by atoms with Crippen molar-refractivity contribution in [1.82, 2.24) is 0 Å². The summed E-state index contributed by atoms with van der Waals surface area (Å²) >= 11 is 3.41. The number of nitrogens with zero attached hydrogens (tertiary/aromatic N) is 2. The first-order valence-electron chi connectivity index (χ1n) is 11.8. The summed E-state index contributed by atoms with van der Waals surface area (Å²) in [4.78, 5) is 15.9. The number of nitrogens with two attached hydrogens (primary N) is 1. The largest absolute Gasteiger partial charge is 0.384 e. The van der Waals surface area contributed by atoms with E-state index in [2.05, 4.69) is 31.2 Å². The van der Waals surface area contributed by atoms with Crippen LogP contribution in [0.15, 0.2) is 92.9 Å². The summed E-state index contributed by atoms with van der Waals surface area (Å²) in [5.74, 6) is 1.08. The average Bonchev–Trinajstić information content (AvgIpc) is 3.32. The van der Waals surface area contributed by atoms with E-state index in [1.165, 1.54) is 0 Å². The lowest BCUT2D eigenvalue weighted by atomic mass is 9.72. The van der Waals surface area contributed by atoms with E-state index in [1.807, 2.05) is 59.7 Å². The molecule has 1 aromatic heterocycles. The van der Waals surface area contributed by atoms with Gasteiger partial charge in [-0.25, -0.2) is 0 Å². The van der Waals surface area contributed by atoms with Gasteiger partial charge in [0.05, 0.1) is 27.5 Å². The fourth-order valence-corrected chi connectivity index (χ4v) is 7.33. The normalized spacial score (nSPS) is 20.1. The SMILES string of the molecule is CCSc1sccc1[C@H]1C(C#N)=C(N)N(c2ccccc2C)C2=C1C(=O)C[C@H](c1ccccc1)C2. The molecule has 0 bridgehead atoms. The molecule has 1 aliphatic heterocycles. The van der Waals surface area contributed by atoms with Crippen LogP contribution in [0.5, 0.6) is 0 Å². The molecule has 2 N–H and O–H groups in total. The first-order chi connectivity index (χ1) is 17.0. The summed E-state index contributed by atoms with van der Waals surface area (Å²) in [5.41, 5.74) is 13.1.